The number of hydrogen-bond donors (Lipinski definition) is 8. The van der Waals surface area contributed by atoms with Gasteiger partial charge in [-0.15, -0.1) is 8.67 Å². The normalized spacial score (nSPS) is 12.0. The van der Waals surface area contributed by atoms with Gasteiger partial charge in [-0.05, 0) is 66.1 Å². The van der Waals surface area contributed by atoms with Gasteiger partial charge in [0, 0.05) is 39.5 Å². The van der Waals surface area contributed by atoms with Crippen molar-refractivity contribution in [1.82, 2.24) is 0 Å². The SMILES string of the molecule is O=C(CCCCCCC(=O)Nc1cc(S(=O)(=O)O)cc2cc(SOOO)cc(O)c12)Nc1cc(SOOO)cc2cc(S(=O)(=O)O)cc(O)c12. The second-order valence-electron chi connectivity index (χ2n) is 10.4. The van der Waals surface area contributed by atoms with Crippen LogP contribution in [0.2, 0.25) is 0 Å². The van der Waals surface area contributed by atoms with Gasteiger partial charge in [0.1, 0.15) is 11.5 Å². The van der Waals surface area contributed by atoms with Crippen LogP contribution in [-0.4, -0.2) is 58.5 Å². The van der Waals surface area contributed by atoms with Crippen molar-refractivity contribution < 1.29 is 75.0 Å². The van der Waals surface area contributed by atoms with E-state index >= 15 is 0 Å². The molecule has 0 aliphatic carbocycles. The molecule has 4 aromatic carbocycles. The molecule has 0 heterocycles. The van der Waals surface area contributed by atoms with Gasteiger partial charge in [-0.1, -0.05) is 22.9 Å². The van der Waals surface area contributed by atoms with Crippen LogP contribution in [0.5, 0.6) is 11.5 Å². The van der Waals surface area contributed by atoms with Crippen LogP contribution in [0.3, 0.4) is 0 Å². The van der Waals surface area contributed by atoms with E-state index in [4.69, 9.17) is 10.5 Å². The third kappa shape index (κ3) is 10.4. The summed E-state index contributed by atoms with van der Waals surface area (Å²) in [5, 5.41) is 50.6. The Labute approximate surface area is 291 Å². The average Bonchev–Trinajstić information content (AvgIpc) is 3.02. The standard InChI is InChI=1S/C28H28N2O16S4/c31-23-12-18(48-46-44-36)8-16-9-19(49(37,38)39)13-22(28(16)23)30-26(34)6-4-2-1-3-5-25(33)29-21-11-17(47-45-43-35)7-15-10-20(50(40,41)42)14-24(32)27(15)21/h7-14,31-32,35-36H,1-6H2,(H,29,33)(H,30,34)(H,37,38,39)(H,40,41,42). The fourth-order valence-corrected chi connectivity index (χ4v) is 6.90. The zero-order chi connectivity index (χ0) is 36.6. The van der Waals surface area contributed by atoms with Crippen molar-refractivity contribution in [2.24, 2.45) is 0 Å². The number of amides is 2. The minimum absolute atomic E-state index is 0.0128. The van der Waals surface area contributed by atoms with Crippen molar-refractivity contribution in [3.63, 3.8) is 0 Å². The Morgan fingerprint density at radius 3 is 1.48 bits per heavy atom. The molecule has 0 spiro atoms. The number of carbonyl (C=O) groups excluding carboxylic acids is 2. The van der Waals surface area contributed by atoms with E-state index in [1.807, 2.05) is 0 Å². The first-order chi connectivity index (χ1) is 23.6. The maximum absolute atomic E-state index is 12.8. The second kappa shape index (κ2) is 17.0. The van der Waals surface area contributed by atoms with E-state index in [9.17, 15) is 45.7 Å². The lowest BCUT2D eigenvalue weighted by molar-refractivity contribution is -0.432. The molecule has 50 heavy (non-hydrogen) atoms. The molecule has 0 radical (unpaired) electrons. The molecule has 0 saturated carbocycles. The predicted molar refractivity (Wildman–Crippen MR) is 177 cm³/mol. The minimum Gasteiger partial charge on any atom is -0.507 e. The molecule has 18 nitrogen and oxygen atoms in total. The highest BCUT2D eigenvalue weighted by Gasteiger charge is 2.20. The molecule has 0 fully saturated rings. The van der Waals surface area contributed by atoms with Crippen molar-refractivity contribution in [1.29, 1.82) is 0 Å². The number of hydrogen-bond acceptors (Lipinski definition) is 16. The van der Waals surface area contributed by atoms with Crippen molar-refractivity contribution in [3.8, 4) is 11.5 Å². The van der Waals surface area contributed by atoms with Crippen molar-refractivity contribution in [2.75, 3.05) is 10.6 Å². The molecule has 0 atom stereocenters. The lowest BCUT2D eigenvalue weighted by Crippen LogP contribution is -2.13. The second-order valence-corrected chi connectivity index (χ2v) is 14.8. The highest BCUT2D eigenvalue weighted by molar-refractivity contribution is 7.94. The largest absolute Gasteiger partial charge is 0.507 e. The Bertz CT molecular complexity index is 2130. The molecule has 0 aliphatic heterocycles. The van der Waals surface area contributed by atoms with Gasteiger partial charge < -0.3 is 20.8 Å². The molecule has 4 aromatic rings. The number of benzene rings is 4. The van der Waals surface area contributed by atoms with Crippen LogP contribution in [0.15, 0.2) is 68.1 Å². The van der Waals surface area contributed by atoms with Gasteiger partial charge in [0.05, 0.1) is 45.3 Å². The van der Waals surface area contributed by atoms with Gasteiger partial charge in [-0.3, -0.25) is 18.7 Å². The molecule has 0 unspecified atom stereocenters. The van der Waals surface area contributed by atoms with Crippen LogP contribution < -0.4 is 10.6 Å². The number of aromatic hydroxyl groups is 2. The zero-order valence-electron chi connectivity index (χ0n) is 25.3. The summed E-state index contributed by atoms with van der Waals surface area (Å²) in [5.74, 6) is -1.90. The molecule has 0 saturated heterocycles. The van der Waals surface area contributed by atoms with E-state index < -0.39 is 47.6 Å². The number of carbonyl (C=O) groups is 2. The van der Waals surface area contributed by atoms with Crippen LogP contribution >= 0.6 is 24.1 Å². The zero-order valence-corrected chi connectivity index (χ0v) is 28.5. The van der Waals surface area contributed by atoms with E-state index in [-0.39, 0.29) is 61.3 Å². The smallest absolute Gasteiger partial charge is 0.294 e. The Morgan fingerprint density at radius 2 is 1.02 bits per heavy atom. The maximum atomic E-state index is 12.8. The van der Waals surface area contributed by atoms with Crippen molar-refractivity contribution >= 4 is 89.1 Å². The Kier molecular flexibility index (Phi) is 13.2. The monoisotopic (exact) mass is 776 g/mol. The lowest BCUT2D eigenvalue weighted by Gasteiger charge is -2.13. The van der Waals surface area contributed by atoms with Crippen LogP contribution in [0.4, 0.5) is 11.4 Å². The molecule has 4 rings (SSSR count). The molecule has 8 N–H and O–H groups in total. The Balaban J connectivity index is 1.35. The van der Waals surface area contributed by atoms with Gasteiger partial charge in [0.25, 0.3) is 20.2 Å². The molecule has 2 amide bonds. The van der Waals surface area contributed by atoms with Crippen LogP contribution in [0.1, 0.15) is 38.5 Å². The average molecular weight is 777 g/mol. The molecule has 22 heteroatoms. The molecule has 0 aliphatic rings. The highest BCUT2D eigenvalue weighted by atomic mass is 32.2. The van der Waals surface area contributed by atoms with Gasteiger partial charge in [0.2, 0.25) is 11.8 Å². The number of nitrogens with one attached hydrogen (secondary N) is 2. The minimum atomic E-state index is -4.71. The Morgan fingerprint density at radius 1 is 0.600 bits per heavy atom. The van der Waals surface area contributed by atoms with Gasteiger partial charge in [0.15, 0.2) is 0 Å². The highest BCUT2D eigenvalue weighted by Crippen LogP contribution is 2.40. The first-order valence-corrected chi connectivity index (χ1v) is 18.4. The third-order valence-electron chi connectivity index (χ3n) is 6.97. The van der Waals surface area contributed by atoms with Gasteiger partial charge in [-0.25, -0.2) is 10.5 Å². The third-order valence-corrected chi connectivity index (χ3v) is 9.75. The number of phenols is 2. The van der Waals surface area contributed by atoms with E-state index in [1.165, 1.54) is 24.3 Å². The van der Waals surface area contributed by atoms with Gasteiger partial charge in [-0.2, -0.15) is 16.8 Å². The molecular weight excluding hydrogens is 749 g/mol. The van der Waals surface area contributed by atoms with E-state index in [1.54, 1.807) is 0 Å². The quantitative estimate of drug-likeness (QED) is 0.0211. The first kappa shape index (κ1) is 39.0. The Hall–Kier alpha value is -3.78. The lowest BCUT2D eigenvalue weighted by atomic mass is 10.1. The summed E-state index contributed by atoms with van der Waals surface area (Å²) in [4.78, 5) is 24.8. The summed E-state index contributed by atoms with van der Waals surface area (Å²) >= 11 is 1.01. The number of rotatable bonds is 17. The molecular formula is C28H28N2O16S4. The number of anilines is 2. The summed E-state index contributed by atoms with van der Waals surface area (Å²) in [7, 11) is -9.38. The fourth-order valence-electron chi connectivity index (χ4n) is 4.93. The predicted octanol–water partition coefficient (Wildman–Crippen LogP) is 5.67. The van der Waals surface area contributed by atoms with Gasteiger partial charge >= 0.3 is 0 Å². The number of unbranched alkanes of at least 4 members (excludes halogenated alkanes) is 3. The molecule has 0 bridgehead atoms. The maximum Gasteiger partial charge on any atom is 0.294 e. The van der Waals surface area contributed by atoms with Crippen LogP contribution in [0, 0.1) is 0 Å². The summed E-state index contributed by atoms with van der Waals surface area (Å²) in [6.45, 7) is 0. The topological polar surface area (TPSA) is 285 Å². The van der Waals surface area contributed by atoms with Crippen LogP contribution in [0.25, 0.3) is 21.5 Å². The molecule has 0 aromatic heterocycles. The summed E-state index contributed by atoms with van der Waals surface area (Å²) in [6.07, 6.45) is 1.80. The first-order valence-electron chi connectivity index (χ1n) is 14.1. The van der Waals surface area contributed by atoms with Crippen molar-refractivity contribution in [2.45, 2.75) is 58.1 Å². The summed E-state index contributed by atoms with van der Waals surface area (Å²) in [6, 6.07) is 9.26. The van der Waals surface area contributed by atoms with E-state index in [0.717, 1.165) is 24.3 Å². The molecule has 270 valence electrons. The summed E-state index contributed by atoms with van der Waals surface area (Å²) < 4.78 is 74.7. The fraction of sp³-hybridized carbons (Fsp3) is 0.214. The van der Waals surface area contributed by atoms with Crippen LogP contribution in [-0.2, 0) is 48.6 Å². The van der Waals surface area contributed by atoms with E-state index in [2.05, 4.69) is 29.4 Å². The number of phenolic OH excluding ortho intramolecular Hbond substituents is 2. The van der Waals surface area contributed by atoms with E-state index in [0.29, 0.717) is 49.8 Å². The number of fused-ring (bicyclic) bond motifs is 2. The van der Waals surface area contributed by atoms with Crippen molar-refractivity contribution in [3.05, 3.63) is 48.5 Å². The summed E-state index contributed by atoms with van der Waals surface area (Å²) in [5.41, 5.74) is -0.0115.